The number of carboxylic acid groups (broad SMARTS) is 1. The van der Waals surface area contributed by atoms with Crippen LogP contribution in [-0.2, 0) is 4.79 Å². The second kappa shape index (κ2) is 4.23. The minimum absolute atomic E-state index is 0.156. The van der Waals surface area contributed by atoms with Crippen LogP contribution in [0.1, 0.15) is 13.0 Å². The molecular weight excluding hydrogens is 210 g/mol. The lowest BCUT2D eigenvalue weighted by atomic mass is 10.2. The van der Waals surface area contributed by atoms with Gasteiger partial charge in [-0.25, -0.2) is 0 Å². The van der Waals surface area contributed by atoms with Crippen molar-refractivity contribution in [2.45, 2.75) is 25.1 Å². The highest BCUT2D eigenvalue weighted by molar-refractivity contribution is 5.72. The maximum absolute atomic E-state index is 10.8. The Kier molecular flexibility index (Phi) is 2.93. The van der Waals surface area contributed by atoms with Crippen molar-refractivity contribution in [3.05, 3.63) is 18.5 Å². The van der Waals surface area contributed by atoms with Gasteiger partial charge in [-0.2, -0.15) is 5.10 Å². The number of hydrogen-bond donors (Lipinski definition) is 2. The van der Waals surface area contributed by atoms with Crippen LogP contribution in [0.4, 0.5) is 0 Å². The van der Waals surface area contributed by atoms with Gasteiger partial charge in [-0.1, -0.05) is 0 Å². The molecule has 16 heavy (non-hydrogen) atoms. The topological polar surface area (TPSA) is 78.6 Å². The zero-order chi connectivity index (χ0) is 11.7. The van der Waals surface area contributed by atoms with Crippen molar-refractivity contribution in [3.8, 4) is 0 Å². The first-order chi connectivity index (χ1) is 7.59. The van der Waals surface area contributed by atoms with Gasteiger partial charge >= 0.3 is 5.97 Å². The quantitative estimate of drug-likeness (QED) is 0.730. The molecule has 1 aromatic rings. The van der Waals surface area contributed by atoms with E-state index in [4.69, 9.17) is 5.11 Å². The van der Waals surface area contributed by atoms with E-state index in [0.717, 1.165) is 0 Å². The molecule has 1 aliphatic heterocycles. The molecule has 2 rings (SSSR count). The molecule has 3 atom stereocenters. The first-order valence-corrected chi connectivity index (χ1v) is 5.23. The van der Waals surface area contributed by atoms with Crippen LogP contribution in [0.3, 0.4) is 0 Å². The molecule has 0 spiro atoms. The smallest absolute Gasteiger partial charge is 0.320 e. The Morgan fingerprint density at radius 3 is 2.88 bits per heavy atom. The summed E-state index contributed by atoms with van der Waals surface area (Å²) in [5, 5.41) is 22.8. The number of likely N-dealkylation sites (tertiary alicyclic amines) is 1. The van der Waals surface area contributed by atoms with Gasteiger partial charge in [-0.05, 0) is 13.0 Å². The summed E-state index contributed by atoms with van der Waals surface area (Å²) < 4.78 is 1.68. The molecule has 1 aliphatic rings. The molecule has 0 amide bonds. The molecule has 1 fully saturated rings. The first-order valence-electron chi connectivity index (χ1n) is 5.23. The van der Waals surface area contributed by atoms with E-state index in [1.54, 1.807) is 35.0 Å². The van der Waals surface area contributed by atoms with Gasteiger partial charge in [0.25, 0.3) is 0 Å². The summed E-state index contributed by atoms with van der Waals surface area (Å²) in [6.07, 6.45) is 2.86. The molecule has 2 heterocycles. The van der Waals surface area contributed by atoms with Crippen molar-refractivity contribution in [1.82, 2.24) is 14.7 Å². The molecule has 3 unspecified atom stereocenters. The molecule has 0 radical (unpaired) electrons. The lowest BCUT2D eigenvalue weighted by Gasteiger charge is -2.19. The third kappa shape index (κ3) is 1.94. The van der Waals surface area contributed by atoms with Crippen LogP contribution in [0, 0.1) is 0 Å². The third-order valence-corrected chi connectivity index (χ3v) is 3.06. The minimum Gasteiger partial charge on any atom is -0.480 e. The van der Waals surface area contributed by atoms with Crippen LogP contribution in [0.2, 0.25) is 0 Å². The Morgan fingerprint density at radius 1 is 1.56 bits per heavy atom. The predicted molar refractivity (Wildman–Crippen MR) is 55.9 cm³/mol. The first kappa shape index (κ1) is 11.1. The number of aliphatic hydroxyl groups is 1. The van der Waals surface area contributed by atoms with E-state index in [1.807, 2.05) is 0 Å². The van der Waals surface area contributed by atoms with E-state index < -0.39 is 18.1 Å². The molecule has 0 saturated carbocycles. The van der Waals surface area contributed by atoms with E-state index in [0.29, 0.717) is 13.1 Å². The standard InChI is InChI=1S/C10H15N3O3/c1-7(10(15)16)12-5-8(9(14)6-12)13-4-2-3-11-13/h2-4,7-9,14H,5-6H2,1H3,(H,15,16). The van der Waals surface area contributed by atoms with Crippen LogP contribution >= 0.6 is 0 Å². The van der Waals surface area contributed by atoms with E-state index in [2.05, 4.69) is 5.10 Å². The molecule has 6 heteroatoms. The maximum Gasteiger partial charge on any atom is 0.320 e. The van der Waals surface area contributed by atoms with Crippen molar-refractivity contribution in [3.63, 3.8) is 0 Å². The number of rotatable bonds is 3. The van der Waals surface area contributed by atoms with E-state index in [9.17, 15) is 9.90 Å². The van der Waals surface area contributed by atoms with Gasteiger partial charge in [0.2, 0.25) is 0 Å². The largest absolute Gasteiger partial charge is 0.480 e. The fourth-order valence-electron chi connectivity index (χ4n) is 2.01. The van der Waals surface area contributed by atoms with Gasteiger partial charge in [-0.15, -0.1) is 0 Å². The number of aromatic nitrogens is 2. The van der Waals surface area contributed by atoms with E-state index in [1.165, 1.54) is 0 Å². The Balaban J connectivity index is 2.07. The van der Waals surface area contributed by atoms with Crippen molar-refractivity contribution in [2.24, 2.45) is 0 Å². The molecule has 1 aromatic heterocycles. The fourth-order valence-corrected chi connectivity index (χ4v) is 2.01. The van der Waals surface area contributed by atoms with Crippen LogP contribution < -0.4 is 0 Å². The molecule has 2 N–H and O–H groups in total. The third-order valence-electron chi connectivity index (χ3n) is 3.06. The average molecular weight is 225 g/mol. The summed E-state index contributed by atoms with van der Waals surface area (Å²) >= 11 is 0. The fraction of sp³-hybridized carbons (Fsp3) is 0.600. The van der Waals surface area contributed by atoms with Gasteiger partial charge in [0.05, 0.1) is 12.1 Å². The number of hydrogen-bond acceptors (Lipinski definition) is 4. The highest BCUT2D eigenvalue weighted by atomic mass is 16.4. The van der Waals surface area contributed by atoms with Crippen LogP contribution in [0.5, 0.6) is 0 Å². The molecule has 0 aliphatic carbocycles. The molecule has 0 bridgehead atoms. The number of β-amino-alcohol motifs (C(OH)–C–C–N with tert-alkyl or cyclic N) is 1. The molecule has 0 aromatic carbocycles. The summed E-state index contributed by atoms with van der Waals surface area (Å²) in [7, 11) is 0. The normalized spacial score (nSPS) is 28.1. The molecular formula is C10H15N3O3. The molecule has 6 nitrogen and oxygen atoms in total. The maximum atomic E-state index is 10.8. The summed E-state index contributed by atoms with van der Waals surface area (Å²) in [6, 6.07) is 1.06. The molecule has 88 valence electrons. The van der Waals surface area contributed by atoms with Crippen molar-refractivity contribution in [2.75, 3.05) is 13.1 Å². The summed E-state index contributed by atoms with van der Waals surface area (Å²) in [6.45, 7) is 2.51. The SMILES string of the molecule is CC(C(=O)O)N1CC(O)C(n2cccn2)C1. The number of aliphatic carboxylic acids is 1. The van der Waals surface area contributed by atoms with Crippen LogP contribution in [0.25, 0.3) is 0 Å². The Labute approximate surface area is 93.1 Å². The average Bonchev–Trinajstić information content (AvgIpc) is 2.84. The van der Waals surface area contributed by atoms with Crippen LogP contribution in [-0.4, -0.2) is 56.1 Å². The Hall–Kier alpha value is -1.40. The Bertz CT molecular complexity index is 365. The minimum atomic E-state index is -0.867. The second-order valence-corrected chi connectivity index (χ2v) is 4.09. The van der Waals surface area contributed by atoms with E-state index >= 15 is 0 Å². The van der Waals surface area contributed by atoms with Crippen LogP contribution in [0.15, 0.2) is 18.5 Å². The lowest BCUT2D eigenvalue weighted by molar-refractivity contribution is -0.142. The van der Waals surface area contributed by atoms with Gasteiger partial charge in [0, 0.05) is 25.5 Å². The number of carbonyl (C=O) groups is 1. The Morgan fingerprint density at radius 2 is 2.31 bits per heavy atom. The monoisotopic (exact) mass is 225 g/mol. The van der Waals surface area contributed by atoms with Crippen molar-refractivity contribution >= 4 is 5.97 Å². The van der Waals surface area contributed by atoms with Gasteiger partial charge in [0.15, 0.2) is 0 Å². The molecule has 1 saturated heterocycles. The zero-order valence-electron chi connectivity index (χ0n) is 9.02. The van der Waals surface area contributed by atoms with E-state index in [-0.39, 0.29) is 6.04 Å². The summed E-state index contributed by atoms with van der Waals surface area (Å²) in [5.41, 5.74) is 0. The summed E-state index contributed by atoms with van der Waals surface area (Å²) in [4.78, 5) is 12.6. The highest BCUT2D eigenvalue weighted by Gasteiger charge is 2.37. The van der Waals surface area contributed by atoms with Crippen molar-refractivity contribution in [1.29, 1.82) is 0 Å². The summed E-state index contributed by atoms with van der Waals surface area (Å²) in [5.74, 6) is -0.867. The zero-order valence-corrected chi connectivity index (χ0v) is 9.02. The van der Waals surface area contributed by atoms with Crippen molar-refractivity contribution < 1.29 is 15.0 Å². The predicted octanol–water partition coefficient (Wildman–Crippen LogP) is -0.426. The second-order valence-electron chi connectivity index (χ2n) is 4.09. The van der Waals surface area contributed by atoms with Gasteiger partial charge < -0.3 is 10.2 Å². The highest BCUT2D eigenvalue weighted by Crippen LogP contribution is 2.23. The number of carboxylic acids is 1. The number of nitrogens with zero attached hydrogens (tertiary/aromatic N) is 3. The van der Waals surface area contributed by atoms with Gasteiger partial charge in [-0.3, -0.25) is 14.4 Å². The van der Waals surface area contributed by atoms with Gasteiger partial charge in [0.1, 0.15) is 6.04 Å². The lowest BCUT2D eigenvalue weighted by Crippen LogP contribution is -2.37. The number of aliphatic hydroxyl groups excluding tert-OH is 1.